The molecule has 2 fully saturated rings. The van der Waals surface area contributed by atoms with Gasteiger partial charge in [-0.3, -0.25) is 9.59 Å². The first-order valence-electron chi connectivity index (χ1n) is 7.52. The Hall–Kier alpha value is -2.03. The van der Waals surface area contributed by atoms with Crippen LogP contribution in [0.25, 0.3) is 0 Å². The van der Waals surface area contributed by atoms with Crippen molar-refractivity contribution in [3.8, 4) is 0 Å². The molecule has 1 saturated heterocycles. The van der Waals surface area contributed by atoms with Gasteiger partial charge in [-0.1, -0.05) is 6.07 Å². The molecule has 1 saturated carbocycles. The molecule has 0 spiro atoms. The summed E-state index contributed by atoms with van der Waals surface area (Å²) in [5, 5.41) is 4.79. The van der Waals surface area contributed by atoms with Crippen LogP contribution < -0.4 is 10.6 Å². The summed E-state index contributed by atoms with van der Waals surface area (Å²) in [5.74, 6) is -4.11. The predicted octanol–water partition coefficient (Wildman–Crippen LogP) is 0.843. The SMILES string of the molecule is O=C(Nc1c(F)cccc1F)C1CC1C(=O)NC1CCS(=O)(=O)C1. The lowest BCUT2D eigenvalue weighted by atomic mass is 10.2. The Kier molecular flexibility index (Phi) is 4.29. The Morgan fingerprint density at radius 2 is 1.71 bits per heavy atom. The first kappa shape index (κ1) is 16.8. The Labute approximate surface area is 137 Å². The second-order valence-electron chi connectivity index (χ2n) is 6.14. The Bertz CT molecular complexity index is 776. The van der Waals surface area contributed by atoms with Crippen LogP contribution in [0.15, 0.2) is 18.2 Å². The average molecular weight is 358 g/mol. The Morgan fingerprint density at radius 1 is 1.08 bits per heavy atom. The highest BCUT2D eigenvalue weighted by molar-refractivity contribution is 7.91. The fourth-order valence-corrected chi connectivity index (χ4v) is 4.50. The summed E-state index contributed by atoms with van der Waals surface area (Å²) in [6.45, 7) is 0. The van der Waals surface area contributed by atoms with Crippen molar-refractivity contribution in [2.45, 2.75) is 18.9 Å². The number of carbonyl (C=O) groups excluding carboxylic acids is 2. The van der Waals surface area contributed by atoms with E-state index in [1.165, 1.54) is 6.07 Å². The topological polar surface area (TPSA) is 92.3 Å². The number of sulfone groups is 1. The highest BCUT2D eigenvalue weighted by Gasteiger charge is 2.49. The molecule has 2 N–H and O–H groups in total. The van der Waals surface area contributed by atoms with Crippen molar-refractivity contribution < 1.29 is 26.8 Å². The van der Waals surface area contributed by atoms with E-state index < -0.39 is 56.9 Å². The van der Waals surface area contributed by atoms with Gasteiger partial charge in [-0.25, -0.2) is 17.2 Å². The lowest BCUT2D eigenvalue weighted by Crippen LogP contribution is -2.37. The second kappa shape index (κ2) is 6.12. The summed E-state index contributed by atoms with van der Waals surface area (Å²) < 4.78 is 49.7. The van der Waals surface area contributed by atoms with Crippen molar-refractivity contribution in [1.29, 1.82) is 0 Å². The number of para-hydroxylation sites is 1. The number of rotatable bonds is 4. The van der Waals surface area contributed by atoms with Crippen LogP contribution in [-0.2, 0) is 19.4 Å². The second-order valence-corrected chi connectivity index (χ2v) is 8.37. The first-order valence-corrected chi connectivity index (χ1v) is 9.34. The van der Waals surface area contributed by atoms with E-state index in [0.717, 1.165) is 12.1 Å². The summed E-state index contributed by atoms with van der Waals surface area (Å²) >= 11 is 0. The maximum atomic E-state index is 13.5. The predicted molar refractivity (Wildman–Crippen MR) is 81.8 cm³/mol. The monoisotopic (exact) mass is 358 g/mol. The maximum absolute atomic E-state index is 13.5. The largest absolute Gasteiger partial charge is 0.352 e. The van der Waals surface area contributed by atoms with E-state index in [-0.39, 0.29) is 17.9 Å². The van der Waals surface area contributed by atoms with Gasteiger partial charge in [0.25, 0.3) is 0 Å². The summed E-state index contributed by atoms with van der Waals surface area (Å²) in [6.07, 6.45) is 0.630. The molecule has 24 heavy (non-hydrogen) atoms. The number of halogens is 2. The zero-order valence-corrected chi connectivity index (χ0v) is 13.4. The van der Waals surface area contributed by atoms with Gasteiger partial charge in [0, 0.05) is 6.04 Å². The number of benzene rings is 1. The highest BCUT2D eigenvalue weighted by Crippen LogP contribution is 2.40. The smallest absolute Gasteiger partial charge is 0.228 e. The Morgan fingerprint density at radius 3 is 2.29 bits per heavy atom. The molecule has 1 aliphatic carbocycles. The van der Waals surface area contributed by atoms with Crippen molar-refractivity contribution in [2.75, 3.05) is 16.8 Å². The summed E-state index contributed by atoms with van der Waals surface area (Å²) in [5.41, 5.74) is -0.532. The molecule has 0 bridgehead atoms. The van der Waals surface area contributed by atoms with Gasteiger partial charge in [-0.15, -0.1) is 0 Å². The number of hydrogen-bond donors (Lipinski definition) is 2. The normalized spacial score (nSPS) is 27.5. The van der Waals surface area contributed by atoms with E-state index >= 15 is 0 Å². The quantitative estimate of drug-likeness (QED) is 0.834. The van der Waals surface area contributed by atoms with Gasteiger partial charge in [0.15, 0.2) is 9.84 Å². The molecular formula is C15H16F2N2O4S. The van der Waals surface area contributed by atoms with E-state index in [1.54, 1.807) is 0 Å². The van der Waals surface area contributed by atoms with Crippen LogP contribution in [0.3, 0.4) is 0 Å². The van der Waals surface area contributed by atoms with Crippen molar-refractivity contribution >= 4 is 27.3 Å². The fourth-order valence-electron chi connectivity index (χ4n) is 2.82. The molecule has 0 radical (unpaired) electrons. The minimum Gasteiger partial charge on any atom is -0.352 e. The fraction of sp³-hybridized carbons (Fsp3) is 0.467. The molecule has 1 aliphatic heterocycles. The van der Waals surface area contributed by atoms with Gasteiger partial charge in [-0.2, -0.15) is 0 Å². The zero-order chi connectivity index (χ0) is 17.5. The van der Waals surface area contributed by atoms with Crippen LogP contribution in [0.4, 0.5) is 14.5 Å². The minimum absolute atomic E-state index is 0.0408. The molecular weight excluding hydrogens is 342 g/mol. The van der Waals surface area contributed by atoms with Crippen LogP contribution in [-0.4, -0.2) is 37.8 Å². The minimum atomic E-state index is -3.10. The van der Waals surface area contributed by atoms with E-state index in [9.17, 15) is 26.8 Å². The van der Waals surface area contributed by atoms with Crippen LogP contribution in [0, 0.1) is 23.5 Å². The molecule has 1 aromatic carbocycles. The van der Waals surface area contributed by atoms with Crippen LogP contribution >= 0.6 is 0 Å². The van der Waals surface area contributed by atoms with Crippen molar-refractivity contribution in [3.63, 3.8) is 0 Å². The van der Waals surface area contributed by atoms with Crippen LogP contribution in [0.2, 0.25) is 0 Å². The Balaban J connectivity index is 1.55. The highest BCUT2D eigenvalue weighted by atomic mass is 32.2. The number of carbonyl (C=O) groups is 2. The van der Waals surface area contributed by atoms with Crippen molar-refractivity contribution in [3.05, 3.63) is 29.8 Å². The van der Waals surface area contributed by atoms with Gasteiger partial charge >= 0.3 is 0 Å². The van der Waals surface area contributed by atoms with Gasteiger partial charge in [-0.05, 0) is 25.0 Å². The molecule has 3 unspecified atom stereocenters. The maximum Gasteiger partial charge on any atom is 0.228 e. The molecule has 3 rings (SSSR count). The van der Waals surface area contributed by atoms with Crippen LogP contribution in [0.1, 0.15) is 12.8 Å². The van der Waals surface area contributed by atoms with Crippen LogP contribution in [0.5, 0.6) is 0 Å². The third-order valence-electron chi connectivity index (χ3n) is 4.25. The summed E-state index contributed by atoms with van der Waals surface area (Å²) in [4.78, 5) is 24.1. The molecule has 0 aromatic heterocycles. The van der Waals surface area contributed by atoms with Crippen molar-refractivity contribution in [2.24, 2.45) is 11.8 Å². The number of hydrogen-bond acceptors (Lipinski definition) is 4. The average Bonchev–Trinajstić information content (AvgIpc) is 3.23. The molecule has 1 heterocycles. The van der Waals surface area contributed by atoms with Gasteiger partial charge in [0.2, 0.25) is 11.8 Å². The zero-order valence-electron chi connectivity index (χ0n) is 12.6. The summed E-state index contributed by atoms with van der Waals surface area (Å²) in [7, 11) is -3.10. The first-order chi connectivity index (χ1) is 11.3. The third-order valence-corrected chi connectivity index (χ3v) is 6.02. The standard InChI is InChI=1S/C15H16F2N2O4S/c16-11-2-1-3-12(17)13(11)19-15(21)10-6-9(10)14(20)18-8-4-5-24(22,23)7-8/h1-3,8-10H,4-7H2,(H,18,20)(H,19,21). The van der Waals surface area contributed by atoms with E-state index in [4.69, 9.17) is 0 Å². The number of anilines is 1. The third kappa shape index (κ3) is 3.55. The number of nitrogens with one attached hydrogen (secondary N) is 2. The number of amides is 2. The molecule has 1 aromatic rings. The van der Waals surface area contributed by atoms with E-state index in [2.05, 4.69) is 10.6 Å². The lowest BCUT2D eigenvalue weighted by molar-refractivity contribution is -0.125. The van der Waals surface area contributed by atoms with Crippen molar-refractivity contribution in [1.82, 2.24) is 5.32 Å². The summed E-state index contributed by atoms with van der Waals surface area (Å²) in [6, 6.07) is 2.80. The van der Waals surface area contributed by atoms with Gasteiger partial charge in [0.1, 0.15) is 17.3 Å². The molecule has 2 amide bonds. The van der Waals surface area contributed by atoms with E-state index in [0.29, 0.717) is 6.42 Å². The molecule has 2 aliphatic rings. The molecule has 6 nitrogen and oxygen atoms in total. The molecule has 9 heteroatoms. The molecule has 130 valence electrons. The lowest BCUT2D eigenvalue weighted by Gasteiger charge is -2.11. The van der Waals surface area contributed by atoms with Gasteiger partial charge in [0.05, 0.1) is 23.3 Å². The van der Waals surface area contributed by atoms with E-state index in [1.807, 2.05) is 0 Å². The van der Waals surface area contributed by atoms with Gasteiger partial charge < -0.3 is 10.6 Å². The molecule has 3 atom stereocenters.